The van der Waals surface area contributed by atoms with Crippen LogP contribution in [-0.2, 0) is 21.2 Å². The van der Waals surface area contributed by atoms with Crippen LogP contribution < -0.4 is 10.2 Å². The van der Waals surface area contributed by atoms with Gasteiger partial charge in [0.05, 0.1) is 11.3 Å². The molecule has 3 heterocycles. The molecule has 2 fully saturated rings. The van der Waals surface area contributed by atoms with Gasteiger partial charge in [0.2, 0.25) is 10.0 Å². The maximum Gasteiger partial charge on any atom is 0.434 e. The number of nitrogens with one attached hydrogen (secondary N) is 1. The molecule has 11 heteroatoms. The second-order valence-electron chi connectivity index (χ2n) is 10.5. The van der Waals surface area contributed by atoms with Gasteiger partial charge in [0.25, 0.3) is 5.91 Å². The third-order valence-electron chi connectivity index (χ3n) is 7.89. The molecule has 1 N–H and O–H groups in total. The Bertz CT molecular complexity index is 1320. The number of benzene rings is 1. The summed E-state index contributed by atoms with van der Waals surface area (Å²) in [6.07, 6.45) is 7.98. The lowest BCUT2D eigenvalue weighted by molar-refractivity contribution is -0.125. The lowest BCUT2D eigenvalue weighted by Crippen LogP contribution is -2.51. The van der Waals surface area contributed by atoms with Gasteiger partial charge >= 0.3 is 6.09 Å². The lowest BCUT2D eigenvalue weighted by atomic mass is 9.88. The molecule has 5 rings (SSSR count). The van der Waals surface area contributed by atoms with E-state index in [9.17, 15) is 18.0 Å². The molecule has 2 aromatic rings. The Balaban J connectivity index is 1.23. The monoisotopic (exact) mass is 529 g/mol. The van der Waals surface area contributed by atoms with Crippen molar-refractivity contribution in [3.05, 3.63) is 36.0 Å². The van der Waals surface area contributed by atoms with Crippen LogP contribution in [0, 0.1) is 5.92 Å². The number of aryl methyl sites for hydroxylation is 1. The van der Waals surface area contributed by atoms with Crippen LogP contribution in [-0.4, -0.2) is 78.7 Å². The minimum absolute atomic E-state index is 0.0371. The van der Waals surface area contributed by atoms with Crippen molar-refractivity contribution in [3.63, 3.8) is 0 Å². The molecule has 1 aromatic heterocycles. The quantitative estimate of drug-likeness (QED) is 0.618. The van der Waals surface area contributed by atoms with Crippen LogP contribution in [0.25, 0.3) is 10.9 Å². The van der Waals surface area contributed by atoms with Crippen LogP contribution >= 0.6 is 0 Å². The molecule has 2 aliphatic heterocycles. The van der Waals surface area contributed by atoms with Gasteiger partial charge in [0.15, 0.2) is 0 Å². The van der Waals surface area contributed by atoms with Crippen LogP contribution in [0.4, 0.5) is 4.79 Å². The summed E-state index contributed by atoms with van der Waals surface area (Å²) in [6.45, 7) is 0.580. The molecule has 1 spiro atoms. The van der Waals surface area contributed by atoms with Gasteiger partial charge in [-0.3, -0.25) is 9.79 Å². The molecule has 1 saturated carbocycles. The Morgan fingerprint density at radius 3 is 2.59 bits per heavy atom. The predicted octanol–water partition coefficient (Wildman–Crippen LogP) is 2.57. The van der Waals surface area contributed by atoms with Crippen LogP contribution in [0.3, 0.4) is 0 Å². The van der Waals surface area contributed by atoms with Crippen molar-refractivity contribution >= 4 is 38.8 Å². The fourth-order valence-electron chi connectivity index (χ4n) is 5.62. The topological polar surface area (TPSA) is 113 Å². The van der Waals surface area contributed by atoms with Crippen molar-refractivity contribution in [2.24, 2.45) is 10.9 Å². The van der Waals surface area contributed by atoms with Gasteiger partial charge in [0, 0.05) is 44.7 Å². The molecular weight excluding hydrogens is 494 g/mol. The molecule has 200 valence electrons. The third kappa shape index (κ3) is 5.11. The number of rotatable bonds is 6. The van der Waals surface area contributed by atoms with Crippen molar-refractivity contribution in [2.75, 3.05) is 32.9 Å². The number of piperidine rings is 1. The number of amides is 2. The number of aliphatic imine (C=N–C) groups is 1. The molecule has 0 bridgehead atoms. The van der Waals surface area contributed by atoms with Crippen molar-refractivity contribution < 1.29 is 22.8 Å². The fraction of sp³-hybridized carbons (Fsp3) is 0.577. The van der Waals surface area contributed by atoms with E-state index < -0.39 is 21.7 Å². The summed E-state index contributed by atoms with van der Waals surface area (Å²) in [6, 6.07) is 7.38. The highest BCUT2D eigenvalue weighted by Crippen LogP contribution is 2.35. The number of fused-ring (bicyclic) bond motifs is 1. The zero-order valence-corrected chi connectivity index (χ0v) is 22.3. The van der Waals surface area contributed by atoms with Crippen LogP contribution in [0.5, 0.6) is 0 Å². The van der Waals surface area contributed by atoms with Crippen molar-refractivity contribution in [1.82, 2.24) is 19.3 Å². The summed E-state index contributed by atoms with van der Waals surface area (Å²) in [7, 11) is -0.307. The van der Waals surface area contributed by atoms with Gasteiger partial charge in [-0.1, -0.05) is 31.4 Å². The zero-order chi connectivity index (χ0) is 26.2. The van der Waals surface area contributed by atoms with Crippen molar-refractivity contribution in [3.8, 4) is 0 Å². The Morgan fingerprint density at radius 1 is 1.16 bits per heavy atom. The predicted molar refractivity (Wildman–Crippen MR) is 141 cm³/mol. The first-order valence-electron chi connectivity index (χ1n) is 13.1. The standard InChI is InChI=1S/C26H35N5O5S/c1-29(2)25(33)36-31-15-11-21-19(9-6-10-22(21)31)12-18-37(34,35)30-16-13-26(14-17-30)24(32)27-23(28-26)20-7-4-3-5-8-20/h6,9-11,15,20H,3-5,7-8,12-14,16-18H2,1-2H3,(H,27,28,32). The largest absolute Gasteiger partial charge is 0.434 e. The highest BCUT2D eigenvalue weighted by atomic mass is 32.2. The molecule has 10 nitrogen and oxygen atoms in total. The van der Waals surface area contributed by atoms with Crippen LogP contribution in [0.15, 0.2) is 35.5 Å². The summed E-state index contributed by atoms with van der Waals surface area (Å²) >= 11 is 0. The molecule has 0 radical (unpaired) electrons. The smallest absolute Gasteiger partial charge is 0.317 e. The Morgan fingerprint density at radius 2 is 1.89 bits per heavy atom. The van der Waals surface area contributed by atoms with Gasteiger partial charge < -0.3 is 15.1 Å². The zero-order valence-electron chi connectivity index (χ0n) is 21.5. The average molecular weight is 530 g/mol. The van der Waals surface area contributed by atoms with E-state index in [4.69, 9.17) is 9.83 Å². The Labute approximate surface area is 217 Å². The fourth-order valence-corrected chi connectivity index (χ4v) is 7.10. The first-order valence-corrected chi connectivity index (χ1v) is 14.7. The molecule has 37 heavy (non-hydrogen) atoms. The van der Waals surface area contributed by atoms with Crippen molar-refractivity contribution in [2.45, 2.75) is 56.9 Å². The molecule has 1 aliphatic carbocycles. The summed E-state index contributed by atoms with van der Waals surface area (Å²) < 4.78 is 29.4. The first-order chi connectivity index (χ1) is 17.7. The SMILES string of the molecule is CN(C)C(=O)On1ccc2c(CCS(=O)(=O)N3CCC4(CC3)N=C(C3CCCCC3)NC4=O)cccc21. The van der Waals surface area contributed by atoms with Crippen LogP contribution in [0.2, 0.25) is 0 Å². The molecule has 0 unspecified atom stereocenters. The molecule has 0 atom stereocenters. The van der Waals surface area contributed by atoms with E-state index in [1.54, 1.807) is 20.3 Å². The average Bonchev–Trinajstić information content (AvgIpc) is 3.44. The third-order valence-corrected chi connectivity index (χ3v) is 9.76. The summed E-state index contributed by atoms with van der Waals surface area (Å²) in [5.41, 5.74) is 0.743. The number of nitrogens with zero attached hydrogens (tertiary/aromatic N) is 4. The number of amidine groups is 1. The van der Waals surface area contributed by atoms with E-state index in [2.05, 4.69) is 5.32 Å². The molecular formula is C26H35N5O5S. The normalized spacial score (nSPS) is 20.7. The van der Waals surface area contributed by atoms with Gasteiger partial charge in [0.1, 0.15) is 11.4 Å². The molecule has 2 amide bonds. The van der Waals surface area contributed by atoms with E-state index in [-0.39, 0.29) is 24.7 Å². The number of aromatic nitrogens is 1. The maximum absolute atomic E-state index is 13.2. The van der Waals surface area contributed by atoms with Gasteiger partial charge in [-0.25, -0.2) is 17.5 Å². The summed E-state index contributed by atoms with van der Waals surface area (Å²) in [5, 5.41) is 3.87. The molecule has 3 aliphatic rings. The number of carbonyl (C=O) groups is 2. The van der Waals surface area contributed by atoms with Gasteiger partial charge in [-0.05, 0) is 49.8 Å². The van der Waals surface area contributed by atoms with E-state index in [1.165, 1.54) is 20.4 Å². The summed E-state index contributed by atoms with van der Waals surface area (Å²) in [5.74, 6) is 1.03. The van der Waals surface area contributed by atoms with Crippen LogP contribution in [0.1, 0.15) is 50.5 Å². The lowest BCUT2D eigenvalue weighted by Gasteiger charge is -2.34. The molecule has 1 aromatic carbocycles. The Hall–Kier alpha value is -2.92. The Kier molecular flexibility index (Phi) is 7.01. The number of sulfonamides is 1. The van der Waals surface area contributed by atoms with E-state index in [0.29, 0.717) is 30.7 Å². The van der Waals surface area contributed by atoms with Gasteiger partial charge in [-0.15, -0.1) is 0 Å². The number of carbonyl (C=O) groups excluding carboxylic acids is 2. The highest BCUT2D eigenvalue weighted by Gasteiger charge is 2.48. The highest BCUT2D eigenvalue weighted by molar-refractivity contribution is 7.89. The molecule has 1 saturated heterocycles. The van der Waals surface area contributed by atoms with E-state index in [0.717, 1.165) is 42.5 Å². The number of hydrogen-bond donors (Lipinski definition) is 1. The van der Waals surface area contributed by atoms with Crippen molar-refractivity contribution in [1.29, 1.82) is 0 Å². The number of hydrogen-bond acceptors (Lipinski definition) is 6. The first kappa shape index (κ1) is 25.7. The second kappa shape index (κ2) is 10.1. The van der Waals surface area contributed by atoms with E-state index in [1.807, 2.05) is 24.3 Å². The van der Waals surface area contributed by atoms with E-state index >= 15 is 0 Å². The van der Waals surface area contributed by atoms with Gasteiger partial charge in [-0.2, -0.15) is 4.73 Å². The minimum Gasteiger partial charge on any atom is -0.317 e. The minimum atomic E-state index is -3.52. The second-order valence-corrected chi connectivity index (χ2v) is 12.6. The maximum atomic E-state index is 13.2. The summed E-state index contributed by atoms with van der Waals surface area (Å²) in [4.78, 5) is 36.4.